The predicted molar refractivity (Wildman–Crippen MR) is 130 cm³/mol. The van der Waals surface area contributed by atoms with E-state index in [4.69, 9.17) is 14.5 Å². The second kappa shape index (κ2) is 10.4. The largest absolute Gasteiger partial charge is 0.476 e. The van der Waals surface area contributed by atoms with Crippen LogP contribution in [-0.4, -0.2) is 84.9 Å². The zero-order valence-electron chi connectivity index (χ0n) is 21.0. The van der Waals surface area contributed by atoms with E-state index in [1.165, 1.54) is 17.5 Å². The lowest BCUT2D eigenvalue weighted by Crippen LogP contribution is -2.56. The second-order valence-corrected chi connectivity index (χ2v) is 10.6. The molecule has 1 aromatic heterocycles. The highest BCUT2D eigenvalue weighted by molar-refractivity contribution is 5.69. The van der Waals surface area contributed by atoms with E-state index in [-0.39, 0.29) is 18.6 Å². The maximum Gasteiger partial charge on any atom is 0.410 e. The second-order valence-electron chi connectivity index (χ2n) is 10.6. The Morgan fingerprint density at radius 2 is 2.12 bits per heavy atom. The Hall–Kier alpha value is -2.57. The van der Waals surface area contributed by atoms with Gasteiger partial charge in [0.25, 0.3) is 0 Å². The number of rotatable bonds is 5. The topological polar surface area (TPSA) is 94.0 Å². The fourth-order valence-electron chi connectivity index (χ4n) is 5.05. The van der Waals surface area contributed by atoms with Crippen molar-refractivity contribution in [3.05, 3.63) is 17.2 Å². The Morgan fingerprint density at radius 3 is 2.82 bits per heavy atom. The number of amides is 1. The first-order chi connectivity index (χ1) is 16.2. The molecule has 186 valence electrons. The summed E-state index contributed by atoms with van der Waals surface area (Å²) < 4.78 is 11.8. The number of ether oxygens (including phenoxy) is 2. The van der Waals surface area contributed by atoms with Crippen molar-refractivity contribution in [3.63, 3.8) is 0 Å². The van der Waals surface area contributed by atoms with E-state index in [2.05, 4.69) is 34.3 Å². The molecule has 2 fully saturated rings. The number of likely N-dealkylation sites (N-methyl/N-ethyl adjacent to an activating group) is 1. The summed E-state index contributed by atoms with van der Waals surface area (Å²) in [6.07, 6.45) is 3.16. The molecule has 2 saturated heterocycles. The molecule has 9 nitrogen and oxygen atoms in total. The number of fused-ring (bicyclic) bond motifs is 1. The number of anilines is 1. The molecule has 1 amide bonds. The molecule has 3 aliphatic heterocycles. The first kappa shape index (κ1) is 24.6. The Bertz CT molecular complexity index is 924. The summed E-state index contributed by atoms with van der Waals surface area (Å²) in [6, 6.07) is 4.51. The van der Waals surface area contributed by atoms with Crippen LogP contribution in [-0.2, 0) is 17.7 Å². The molecule has 1 N–H and O–H groups in total. The van der Waals surface area contributed by atoms with Gasteiger partial charge in [-0.15, -0.1) is 0 Å². The summed E-state index contributed by atoms with van der Waals surface area (Å²) in [5.74, 6) is 1.59. The third-order valence-electron chi connectivity index (χ3n) is 6.87. The molecular weight excluding hydrogens is 432 g/mol. The molecule has 1 aromatic rings. The van der Waals surface area contributed by atoms with Crippen LogP contribution in [0.4, 0.5) is 10.6 Å². The van der Waals surface area contributed by atoms with Crippen molar-refractivity contribution in [3.8, 4) is 11.9 Å². The number of hydrogen-bond donors (Lipinski definition) is 1. The van der Waals surface area contributed by atoms with Crippen LogP contribution < -0.4 is 15.0 Å². The minimum absolute atomic E-state index is 0.246. The van der Waals surface area contributed by atoms with Gasteiger partial charge in [0.15, 0.2) is 0 Å². The first-order valence-electron chi connectivity index (χ1n) is 12.4. The highest BCUT2D eigenvalue weighted by Gasteiger charge is 2.35. The van der Waals surface area contributed by atoms with Crippen molar-refractivity contribution < 1.29 is 14.3 Å². The minimum atomic E-state index is -0.571. The van der Waals surface area contributed by atoms with E-state index in [0.717, 1.165) is 38.3 Å². The predicted octanol–water partition coefficient (Wildman–Crippen LogP) is 2.54. The quantitative estimate of drug-likeness (QED) is 0.702. The number of nitrogens with one attached hydrogen (secondary N) is 1. The van der Waals surface area contributed by atoms with E-state index in [1.807, 2.05) is 20.8 Å². The van der Waals surface area contributed by atoms with E-state index < -0.39 is 5.60 Å². The SMILES string of the molecule is CN1CCC[C@H]1COc1cc2c(c(N3CCN(C(=O)OC(C)(C)C)[C@@H](CC#N)C3)n1)CCNC2. The van der Waals surface area contributed by atoms with Crippen molar-refractivity contribution in [2.75, 3.05) is 51.3 Å². The standard InChI is InChI=1S/C25H38N6O3/c1-25(2,3)34-24(32)31-13-12-30(16-19(31)7-9-26)23-21-8-10-27-15-18(21)14-22(28-23)33-17-20-6-5-11-29(20)4/h14,19-20,27H,5-8,10-13,15-17H2,1-4H3/t19-,20-/m0/s1. The molecule has 0 saturated carbocycles. The van der Waals surface area contributed by atoms with Gasteiger partial charge in [0.1, 0.15) is 18.0 Å². The highest BCUT2D eigenvalue weighted by Crippen LogP contribution is 2.31. The van der Waals surface area contributed by atoms with Crippen LogP contribution >= 0.6 is 0 Å². The molecule has 2 atom stereocenters. The number of nitrogens with zero attached hydrogens (tertiary/aromatic N) is 5. The number of aromatic nitrogens is 1. The summed E-state index contributed by atoms with van der Waals surface area (Å²) >= 11 is 0. The van der Waals surface area contributed by atoms with E-state index in [1.54, 1.807) is 4.90 Å². The van der Waals surface area contributed by atoms with Gasteiger partial charge >= 0.3 is 6.09 Å². The summed E-state index contributed by atoms with van der Waals surface area (Å²) in [7, 11) is 2.15. The highest BCUT2D eigenvalue weighted by atomic mass is 16.6. The van der Waals surface area contributed by atoms with Gasteiger partial charge in [-0.1, -0.05) is 0 Å². The average molecular weight is 471 g/mol. The van der Waals surface area contributed by atoms with Gasteiger partial charge in [-0.3, -0.25) is 0 Å². The smallest absolute Gasteiger partial charge is 0.410 e. The molecule has 0 bridgehead atoms. The number of carbonyl (C=O) groups excluding carboxylic acids is 1. The molecule has 4 rings (SSSR count). The Morgan fingerprint density at radius 1 is 1.29 bits per heavy atom. The molecule has 0 spiro atoms. The monoisotopic (exact) mass is 470 g/mol. The summed E-state index contributed by atoms with van der Waals surface area (Å²) in [4.78, 5) is 24.0. The minimum Gasteiger partial charge on any atom is -0.476 e. The third-order valence-corrected chi connectivity index (χ3v) is 6.87. The van der Waals surface area contributed by atoms with Crippen LogP contribution in [0.2, 0.25) is 0 Å². The maximum atomic E-state index is 12.8. The fraction of sp³-hybridized carbons (Fsp3) is 0.720. The van der Waals surface area contributed by atoms with Crippen LogP contribution in [0, 0.1) is 11.3 Å². The lowest BCUT2D eigenvalue weighted by molar-refractivity contribution is 0.0144. The zero-order valence-corrected chi connectivity index (χ0v) is 21.0. The van der Waals surface area contributed by atoms with Crippen LogP contribution in [0.15, 0.2) is 6.07 Å². The van der Waals surface area contributed by atoms with Crippen LogP contribution in [0.5, 0.6) is 5.88 Å². The molecular formula is C25H38N6O3. The molecule has 0 radical (unpaired) electrons. The molecule has 0 aliphatic carbocycles. The van der Waals surface area contributed by atoms with Crippen LogP contribution in [0.25, 0.3) is 0 Å². The van der Waals surface area contributed by atoms with Crippen molar-refractivity contribution in [1.82, 2.24) is 20.1 Å². The van der Waals surface area contributed by atoms with Gasteiger partial charge in [-0.25, -0.2) is 4.79 Å². The lowest BCUT2D eigenvalue weighted by atomic mass is 10.0. The summed E-state index contributed by atoms with van der Waals surface area (Å²) in [5, 5.41) is 12.9. The molecule has 4 heterocycles. The number of likely N-dealkylation sites (tertiary alicyclic amines) is 1. The Balaban J connectivity index is 1.54. The molecule has 0 aromatic carbocycles. The van der Waals surface area contributed by atoms with Crippen molar-refractivity contribution in [1.29, 1.82) is 5.26 Å². The molecule has 34 heavy (non-hydrogen) atoms. The number of carbonyl (C=O) groups is 1. The Labute approximate surface area is 203 Å². The van der Waals surface area contributed by atoms with Gasteiger partial charge in [0, 0.05) is 43.9 Å². The van der Waals surface area contributed by atoms with Crippen LogP contribution in [0.1, 0.15) is 51.2 Å². The summed E-state index contributed by atoms with van der Waals surface area (Å²) in [6.45, 7) is 10.7. The number of piperazine rings is 1. The van der Waals surface area contributed by atoms with Gasteiger partial charge in [0.2, 0.25) is 5.88 Å². The molecule has 0 unspecified atom stereocenters. The number of hydrogen-bond acceptors (Lipinski definition) is 8. The van der Waals surface area contributed by atoms with Gasteiger partial charge < -0.3 is 29.5 Å². The average Bonchev–Trinajstić information content (AvgIpc) is 3.20. The van der Waals surface area contributed by atoms with Crippen molar-refractivity contribution in [2.45, 2.75) is 70.7 Å². The number of nitriles is 1. The van der Waals surface area contributed by atoms with E-state index >= 15 is 0 Å². The van der Waals surface area contributed by atoms with E-state index in [0.29, 0.717) is 38.2 Å². The third kappa shape index (κ3) is 5.73. The van der Waals surface area contributed by atoms with E-state index in [9.17, 15) is 10.1 Å². The fourth-order valence-corrected chi connectivity index (χ4v) is 5.05. The van der Waals surface area contributed by atoms with Crippen molar-refractivity contribution >= 4 is 11.9 Å². The summed E-state index contributed by atoms with van der Waals surface area (Å²) in [5.41, 5.74) is 1.89. The number of pyridine rings is 1. The Kier molecular flexibility index (Phi) is 7.48. The first-order valence-corrected chi connectivity index (χ1v) is 12.4. The normalized spacial score (nSPS) is 23.4. The maximum absolute atomic E-state index is 12.8. The molecule has 9 heteroatoms. The zero-order chi connectivity index (χ0) is 24.3. The van der Waals surface area contributed by atoms with Crippen molar-refractivity contribution in [2.24, 2.45) is 0 Å². The lowest BCUT2D eigenvalue weighted by Gasteiger charge is -2.42. The van der Waals surface area contributed by atoms with Crippen LogP contribution in [0.3, 0.4) is 0 Å². The molecule has 3 aliphatic rings. The van der Waals surface area contributed by atoms with Gasteiger partial charge in [-0.2, -0.15) is 10.2 Å². The van der Waals surface area contributed by atoms with Gasteiger partial charge in [0.05, 0.1) is 18.5 Å². The van der Waals surface area contributed by atoms with Gasteiger partial charge in [-0.05, 0) is 65.7 Å².